The highest BCUT2D eigenvalue weighted by atomic mass is 16.4. The average molecular weight is 237 g/mol. The van der Waals surface area contributed by atoms with Gasteiger partial charge in [-0.25, -0.2) is 9.59 Å². The minimum Gasteiger partial charge on any atom is -0.478 e. The summed E-state index contributed by atoms with van der Waals surface area (Å²) in [7, 11) is 0. The Bertz CT molecular complexity index is 418. The molecule has 92 valence electrons. The maximum absolute atomic E-state index is 11.4. The molecule has 3 N–H and O–H groups in total. The summed E-state index contributed by atoms with van der Waals surface area (Å²) in [6.45, 7) is 4.51. The number of anilines is 1. The largest absolute Gasteiger partial charge is 0.478 e. The number of hydrogen-bond donors (Lipinski definition) is 3. The first kappa shape index (κ1) is 13.0. The molecule has 0 aliphatic heterocycles. The van der Waals surface area contributed by atoms with Crippen LogP contribution in [0, 0.1) is 5.92 Å². The Morgan fingerprint density at radius 2 is 2.12 bits per heavy atom. The van der Waals surface area contributed by atoms with Gasteiger partial charge in [-0.3, -0.25) is 4.98 Å². The van der Waals surface area contributed by atoms with Gasteiger partial charge >= 0.3 is 12.0 Å². The molecule has 1 aromatic heterocycles. The van der Waals surface area contributed by atoms with E-state index >= 15 is 0 Å². The van der Waals surface area contributed by atoms with Crippen LogP contribution in [0.15, 0.2) is 18.5 Å². The SMILES string of the molecule is CC(C)CNC(=O)Nc1cncc(C(=O)O)c1. The van der Waals surface area contributed by atoms with Crippen molar-refractivity contribution in [2.75, 3.05) is 11.9 Å². The van der Waals surface area contributed by atoms with Crippen molar-refractivity contribution in [3.05, 3.63) is 24.0 Å². The quantitative estimate of drug-likeness (QED) is 0.741. The summed E-state index contributed by atoms with van der Waals surface area (Å²) in [5, 5.41) is 13.9. The summed E-state index contributed by atoms with van der Waals surface area (Å²) in [6.07, 6.45) is 2.61. The molecule has 0 aliphatic rings. The van der Waals surface area contributed by atoms with E-state index in [2.05, 4.69) is 15.6 Å². The standard InChI is InChI=1S/C11H15N3O3/c1-7(2)4-13-11(17)14-9-3-8(10(15)16)5-12-6-9/h3,5-7H,4H2,1-2H3,(H,15,16)(H2,13,14,17). The molecule has 0 spiro atoms. The van der Waals surface area contributed by atoms with E-state index in [1.54, 1.807) is 0 Å². The van der Waals surface area contributed by atoms with Crippen LogP contribution in [0.4, 0.5) is 10.5 Å². The Kier molecular flexibility index (Phi) is 4.45. The van der Waals surface area contributed by atoms with Gasteiger partial charge in [-0.15, -0.1) is 0 Å². The minimum atomic E-state index is -1.08. The van der Waals surface area contributed by atoms with E-state index in [1.165, 1.54) is 18.5 Å². The van der Waals surface area contributed by atoms with Gasteiger partial charge in [0, 0.05) is 12.7 Å². The normalized spacial score (nSPS) is 10.1. The molecule has 17 heavy (non-hydrogen) atoms. The van der Waals surface area contributed by atoms with Crippen molar-refractivity contribution < 1.29 is 14.7 Å². The van der Waals surface area contributed by atoms with Crippen LogP contribution in [-0.4, -0.2) is 28.6 Å². The molecule has 6 nitrogen and oxygen atoms in total. The van der Waals surface area contributed by atoms with Crippen molar-refractivity contribution in [2.45, 2.75) is 13.8 Å². The predicted octanol–water partition coefficient (Wildman–Crippen LogP) is 1.56. The molecule has 0 bridgehead atoms. The van der Waals surface area contributed by atoms with Crippen LogP contribution >= 0.6 is 0 Å². The number of aromatic carboxylic acids is 1. The zero-order valence-corrected chi connectivity index (χ0v) is 9.73. The van der Waals surface area contributed by atoms with Crippen LogP contribution in [0.3, 0.4) is 0 Å². The van der Waals surface area contributed by atoms with Crippen LogP contribution in [0.5, 0.6) is 0 Å². The van der Waals surface area contributed by atoms with Crippen molar-refractivity contribution in [3.8, 4) is 0 Å². The first-order valence-electron chi connectivity index (χ1n) is 5.22. The number of pyridine rings is 1. The van der Waals surface area contributed by atoms with Crippen molar-refractivity contribution in [3.63, 3.8) is 0 Å². The minimum absolute atomic E-state index is 0.0339. The van der Waals surface area contributed by atoms with E-state index in [1.807, 2.05) is 13.8 Å². The van der Waals surface area contributed by atoms with Gasteiger partial charge in [-0.1, -0.05) is 13.8 Å². The fourth-order valence-electron chi connectivity index (χ4n) is 1.10. The molecular weight excluding hydrogens is 222 g/mol. The maximum atomic E-state index is 11.4. The fourth-order valence-corrected chi connectivity index (χ4v) is 1.10. The number of rotatable bonds is 4. The number of carbonyl (C=O) groups excluding carboxylic acids is 1. The number of nitrogens with zero attached hydrogens (tertiary/aromatic N) is 1. The zero-order valence-electron chi connectivity index (χ0n) is 9.73. The van der Waals surface area contributed by atoms with E-state index in [0.29, 0.717) is 18.2 Å². The molecule has 0 atom stereocenters. The Labute approximate surface area is 99.1 Å². The van der Waals surface area contributed by atoms with Gasteiger partial charge in [0.05, 0.1) is 17.4 Å². The zero-order chi connectivity index (χ0) is 12.8. The lowest BCUT2D eigenvalue weighted by molar-refractivity contribution is 0.0696. The van der Waals surface area contributed by atoms with Crippen LogP contribution in [0.1, 0.15) is 24.2 Å². The predicted molar refractivity (Wildman–Crippen MR) is 63.1 cm³/mol. The molecule has 0 aliphatic carbocycles. The van der Waals surface area contributed by atoms with Gasteiger partial charge in [0.1, 0.15) is 0 Å². The van der Waals surface area contributed by atoms with Crippen LogP contribution in [0.25, 0.3) is 0 Å². The van der Waals surface area contributed by atoms with Gasteiger partial charge in [-0.05, 0) is 12.0 Å². The van der Waals surface area contributed by atoms with E-state index in [4.69, 9.17) is 5.11 Å². The molecule has 2 amide bonds. The van der Waals surface area contributed by atoms with Crippen molar-refractivity contribution >= 4 is 17.7 Å². The summed E-state index contributed by atoms with van der Waals surface area (Å²) in [6, 6.07) is 0.979. The third kappa shape index (κ3) is 4.50. The van der Waals surface area contributed by atoms with Gasteiger partial charge < -0.3 is 15.7 Å². The molecule has 0 radical (unpaired) electrons. The van der Waals surface area contributed by atoms with E-state index < -0.39 is 5.97 Å². The summed E-state index contributed by atoms with van der Waals surface area (Å²) in [4.78, 5) is 25.8. The summed E-state index contributed by atoms with van der Waals surface area (Å²) in [5.74, 6) is -0.729. The maximum Gasteiger partial charge on any atom is 0.337 e. The Morgan fingerprint density at radius 3 is 2.71 bits per heavy atom. The first-order chi connectivity index (χ1) is 7.99. The molecule has 0 aromatic carbocycles. The number of aromatic nitrogens is 1. The topological polar surface area (TPSA) is 91.3 Å². The monoisotopic (exact) mass is 237 g/mol. The molecule has 0 saturated carbocycles. The first-order valence-corrected chi connectivity index (χ1v) is 5.22. The fraction of sp³-hybridized carbons (Fsp3) is 0.364. The number of nitrogens with one attached hydrogen (secondary N) is 2. The molecule has 0 saturated heterocycles. The van der Waals surface area contributed by atoms with Gasteiger partial charge in [0.15, 0.2) is 0 Å². The number of amides is 2. The lowest BCUT2D eigenvalue weighted by Gasteiger charge is -2.09. The summed E-state index contributed by atoms with van der Waals surface area (Å²) < 4.78 is 0. The van der Waals surface area contributed by atoms with Crippen molar-refractivity contribution in [1.29, 1.82) is 0 Å². The highest BCUT2D eigenvalue weighted by molar-refractivity contribution is 5.92. The van der Waals surface area contributed by atoms with E-state index in [0.717, 1.165) is 0 Å². The highest BCUT2D eigenvalue weighted by Gasteiger charge is 2.06. The van der Waals surface area contributed by atoms with Gasteiger partial charge in [0.2, 0.25) is 0 Å². The molecule has 1 aromatic rings. The van der Waals surface area contributed by atoms with E-state index in [9.17, 15) is 9.59 Å². The third-order valence-electron chi connectivity index (χ3n) is 1.91. The number of carbonyl (C=O) groups is 2. The number of hydrogen-bond acceptors (Lipinski definition) is 3. The number of carboxylic acids is 1. The van der Waals surface area contributed by atoms with Gasteiger partial charge in [-0.2, -0.15) is 0 Å². The smallest absolute Gasteiger partial charge is 0.337 e. The molecular formula is C11H15N3O3. The summed E-state index contributed by atoms with van der Waals surface area (Å²) in [5.41, 5.74) is 0.387. The number of carboxylic acid groups (broad SMARTS) is 1. The van der Waals surface area contributed by atoms with Crippen LogP contribution < -0.4 is 10.6 Å². The van der Waals surface area contributed by atoms with Crippen LogP contribution in [0.2, 0.25) is 0 Å². The average Bonchev–Trinajstić information content (AvgIpc) is 2.26. The van der Waals surface area contributed by atoms with Crippen molar-refractivity contribution in [2.24, 2.45) is 5.92 Å². The van der Waals surface area contributed by atoms with E-state index in [-0.39, 0.29) is 11.6 Å². The lowest BCUT2D eigenvalue weighted by atomic mass is 10.2. The van der Waals surface area contributed by atoms with Crippen LogP contribution in [-0.2, 0) is 0 Å². The molecule has 0 unspecified atom stereocenters. The second-order valence-corrected chi connectivity index (χ2v) is 4.00. The number of urea groups is 1. The molecule has 1 rings (SSSR count). The lowest BCUT2D eigenvalue weighted by Crippen LogP contribution is -2.31. The third-order valence-corrected chi connectivity index (χ3v) is 1.91. The Morgan fingerprint density at radius 1 is 1.41 bits per heavy atom. The Balaban J connectivity index is 2.59. The Hall–Kier alpha value is -2.11. The second kappa shape index (κ2) is 5.83. The van der Waals surface area contributed by atoms with Gasteiger partial charge in [0.25, 0.3) is 0 Å². The molecule has 6 heteroatoms. The molecule has 0 fully saturated rings. The summed E-state index contributed by atoms with van der Waals surface area (Å²) >= 11 is 0. The highest BCUT2D eigenvalue weighted by Crippen LogP contribution is 2.08. The second-order valence-electron chi connectivity index (χ2n) is 4.00. The molecule has 1 heterocycles. The van der Waals surface area contributed by atoms with Crippen molar-refractivity contribution in [1.82, 2.24) is 10.3 Å².